The van der Waals surface area contributed by atoms with Crippen molar-refractivity contribution in [2.75, 3.05) is 0 Å². The summed E-state index contributed by atoms with van der Waals surface area (Å²) in [5, 5.41) is 24.7. The van der Waals surface area contributed by atoms with Gasteiger partial charge in [-0.15, -0.1) is 10.2 Å². The highest BCUT2D eigenvalue weighted by Gasteiger charge is 2.21. The minimum Gasteiger partial charge on any atom is -0.506 e. The lowest BCUT2D eigenvalue weighted by molar-refractivity contribution is 0.0772. The summed E-state index contributed by atoms with van der Waals surface area (Å²) in [6.45, 7) is 8.03. The number of hydrogen-bond donors (Lipinski definition) is 3. The Balaban J connectivity index is 2.42. The summed E-state index contributed by atoms with van der Waals surface area (Å²) >= 11 is 3.53. The Morgan fingerprint density at radius 2 is 2.08 bits per heavy atom. The number of aromatic nitrogens is 2. The molecule has 1 heterocycles. The molecule has 0 atom stereocenters. The van der Waals surface area contributed by atoms with Gasteiger partial charge in [-0.25, -0.2) is 4.79 Å². The van der Waals surface area contributed by atoms with Crippen LogP contribution in [0.1, 0.15) is 49.3 Å². The summed E-state index contributed by atoms with van der Waals surface area (Å²) in [5.41, 5.74) is 1.91. The van der Waals surface area contributed by atoms with Crippen LogP contribution < -0.4 is 0 Å². The number of aryl methyl sites for hydroxylation is 1. The molecule has 128 valence electrons. The number of azo groups is 1. The third-order valence-corrected chi connectivity index (χ3v) is 3.71. The van der Waals surface area contributed by atoms with E-state index in [9.17, 15) is 9.90 Å². The third kappa shape index (κ3) is 3.76. The number of aromatic hydroxyl groups is 1. The number of phenols is 1. The highest BCUT2D eigenvalue weighted by atomic mass is 32.1. The number of hydrogen-bond acceptors (Lipinski definition) is 7. The molecule has 0 fully saturated rings. The van der Waals surface area contributed by atoms with Gasteiger partial charge in [0.15, 0.2) is 5.82 Å². The molecule has 0 saturated carbocycles. The number of nitrogens with zero attached hydrogens (tertiary/aromatic N) is 3. The van der Waals surface area contributed by atoms with Crippen molar-refractivity contribution in [1.29, 1.82) is 0 Å². The quantitative estimate of drug-likeness (QED) is 0.433. The number of H-pyrrole nitrogens is 1. The van der Waals surface area contributed by atoms with Crippen LogP contribution in [-0.4, -0.2) is 21.3 Å². The van der Waals surface area contributed by atoms with Gasteiger partial charge in [0.25, 0.3) is 0 Å². The zero-order valence-corrected chi connectivity index (χ0v) is 14.9. The van der Waals surface area contributed by atoms with E-state index in [1.54, 1.807) is 12.1 Å². The predicted octanol–water partition coefficient (Wildman–Crippen LogP) is 4.39. The molecule has 0 saturated heterocycles. The third-order valence-electron chi connectivity index (χ3n) is 3.54. The maximum atomic E-state index is 11.8. The summed E-state index contributed by atoms with van der Waals surface area (Å²) in [7, 11) is 0. The van der Waals surface area contributed by atoms with E-state index in [0.29, 0.717) is 17.8 Å². The van der Waals surface area contributed by atoms with E-state index in [0.717, 1.165) is 5.56 Å². The smallest absolute Gasteiger partial charge is 0.355 e. The number of carbonyl (C=O) groups is 1. The fourth-order valence-electron chi connectivity index (χ4n) is 2.13. The first-order valence-corrected chi connectivity index (χ1v) is 7.82. The van der Waals surface area contributed by atoms with Crippen LogP contribution in [0.4, 0.5) is 11.5 Å². The van der Waals surface area contributed by atoms with Crippen LogP contribution in [-0.2, 0) is 16.0 Å². The Morgan fingerprint density at radius 3 is 2.67 bits per heavy atom. The Labute approximate surface area is 145 Å². The highest BCUT2D eigenvalue weighted by Crippen LogP contribution is 2.34. The topological polar surface area (TPSA) is 99.9 Å². The zero-order valence-electron chi connectivity index (χ0n) is 14.0. The average Bonchev–Trinajstić information content (AvgIpc) is 2.95. The van der Waals surface area contributed by atoms with Crippen LogP contribution in [0, 0.1) is 0 Å². The number of rotatable bonds is 4. The number of carbonyl (C=O) groups excluding carboxylic acids is 1. The maximum absolute atomic E-state index is 11.8. The van der Waals surface area contributed by atoms with E-state index in [1.807, 2.05) is 13.0 Å². The molecule has 7 nitrogen and oxygen atoms in total. The largest absolute Gasteiger partial charge is 0.506 e. The number of thiol groups is 1. The second kappa shape index (κ2) is 7.04. The maximum Gasteiger partial charge on any atom is 0.355 e. The lowest BCUT2D eigenvalue weighted by Crippen LogP contribution is -2.10. The Hall–Kier alpha value is -2.35. The summed E-state index contributed by atoms with van der Waals surface area (Å²) in [4.78, 5) is 11.8. The first-order valence-electron chi connectivity index (χ1n) is 7.46. The van der Waals surface area contributed by atoms with Crippen LogP contribution in [0.3, 0.4) is 0 Å². The van der Waals surface area contributed by atoms with Gasteiger partial charge >= 0.3 is 5.97 Å². The van der Waals surface area contributed by atoms with Gasteiger partial charge in [0.05, 0.1) is 5.69 Å². The van der Waals surface area contributed by atoms with E-state index in [4.69, 9.17) is 0 Å². The van der Waals surface area contributed by atoms with E-state index in [1.165, 1.54) is 0 Å². The van der Waals surface area contributed by atoms with Gasteiger partial charge < -0.3 is 9.29 Å². The fraction of sp³-hybridized carbons (Fsp3) is 0.375. The number of nitrogens with one attached hydrogen (secondary N) is 1. The van der Waals surface area contributed by atoms with Crippen molar-refractivity contribution in [2.24, 2.45) is 10.2 Å². The van der Waals surface area contributed by atoms with Crippen LogP contribution in [0.5, 0.6) is 5.75 Å². The van der Waals surface area contributed by atoms with Crippen molar-refractivity contribution < 1.29 is 14.1 Å². The van der Waals surface area contributed by atoms with Crippen LogP contribution >= 0.6 is 12.9 Å². The second-order valence-electron chi connectivity index (χ2n) is 6.28. The molecule has 0 unspecified atom stereocenters. The lowest BCUT2D eigenvalue weighted by atomic mass is 9.87. The fourth-order valence-corrected chi connectivity index (χ4v) is 2.22. The van der Waals surface area contributed by atoms with Gasteiger partial charge in [0, 0.05) is 12.9 Å². The summed E-state index contributed by atoms with van der Waals surface area (Å²) < 4.78 is 4.46. The van der Waals surface area contributed by atoms with E-state index < -0.39 is 5.97 Å². The van der Waals surface area contributed by atoms with E-state index >= 15 is 0 Å². The molecule has 0 aliphatic heterocycles. The number of aromatic amines is 1. The molecule has 0 bridgehead atoms. The first kappa shape index (κ1) is 18.0. The number of benzene rings is 1. The monoisotopic (exact) mass is 348 g/mol. The van der Waals surface area contributed by atoms with E-state index in [-0.39, 0.29) is 22.5 Å². The van der Waals surface area contributed by atoms with Crippen molar-refractivity contribution in [3.8, 4) is 5.75 Å². The van der Waals surface area contributed by atoms with Crippen molar-refractivity contribution in [3.05, 3.63) is 35.0 Å². The normalized spacial score (nSPS) is 11.9. The summed E-state index contributed by atoms with van der Waals surface area (Å²) in [6.07, 6.45) is 0.523. The Kier molecular flexibility index (Phi) is 5.28. The molecule has 2 aromatic rings. The molecule has 24 heavy (non-hydrogen) atoms. The molecule has 1 aromatic carbocycles. The van der Waals surface area contributed by atoms with Gasteiger partial charge in [-0.1, -0.05) is 33.8 Å². The average molecular weight is 348 g/mol. The van der Waals surface area contributed by atoms with Gasteiger partial charge in [0.1, 0.15) is 17.0 Å². The van der Waals surface area contributed by atoms with Crippen LogP contribution in [0.2, 0.25) is 0 Å². The molecule has 2 N–H and O–H groups in total. The molecule has 0 aliphatic rings. The predicted molar refractivity (Wildman–Crippen MR) is 93.4 cm³/mol. The minimum atomic E-state index is -0.662. The summed E-state index contributed by atoms with van der Waals surface area (Å²) in [6, 6.07) is 5.16. The molecule has 2 rings (SSSR count). The van der Waals surface area contributed by atoms with Gasteiger partial charge in [-0.05, 0) is 29.5 Å². The van der Waals surface area contributed by atoms with Gasteiger partial charge in [-0.3, -0.25) is 5.10 Å². The minimum absolute atomic E-state index is 0.000280. The van der Waals surface area contributed by atoms with Crippen molar-refractivity contribution in [2.45, 2.75) is 39.5 Å². The zero-order chi connectivity index (χ0) is 17.9. The molecular formula is C16H20N4O3S. The second-order valence-corrected chi connectivity index (χ2v) is 6.46. The Bertz CT molecular complexity index is 778. The SMILES string of the molecule is CCc1n[nH]c(/N=N/c2cc(C(C)(C)C)ccc2O)c1C(=O)OS. The molecule has 0 spiro atoms. The summed E-state index contributed by atoms with van der Waals surface area (Å²) in [5.74, 6) is -0.502. The van der Waals surface area contributed by atoms with Crippen LogP contribution in [0.25, 0.3) is 0 Å². The van der Waals surface area contributed by atoms with Crippen molar-refractivity contribution in [1.82, 2.24) is 10.2 Å². The highest BCUT2D eigenvalue weighted by molar-refractivity contribution is 7.75. The molecule has 8 heteroatoms. The Morgan fingerprint density at radius 1 is 1.38 bits per heavy atom. The van der Waals surface area contributed by atoms with Crippen molar-refractivity contribution >= 4 is 30.4 Å². The molecule has 0 aliphatic carbocycles. The van der Waals surface area contributed by atoms with E-state index in [2.05, 4.69) is 58.3 Å². The van der Waals surface area contributed by atoms with Gasteiger partial charge in [0.2, 0.25) is 0 Å². The van der Waals surface area contributed by atoms with Crippen molar-refractivity contribution in [3.63, 3.8) is 0 Å². The standard InChI is InChI=1S/C16H20N4O3S/c1-5-10-13(15(22)23-24)14(19-17-10)20-18-11-8-9(16(2,3)4)6-7-12(11)21/h6-8,21,24H,5H2,1-4H3,(H,17,19)/b20-18+. The molecule has 0 amide bonds. The van der Waals surface area contributed by atoms with Gasteiger partial charge in [-0.2, -0.15) is 5.10 Å². The molecule has 1 aromatic heterocycles. The first-order chi connectivity index (χ1) is 11.3. The molecule has 0 radical (unpaired) electrons. The molecular weight excluding hydrogens is 328 g/mol. The lowest BCUT2D eigenvalue weighted by Gasteiger charge is -2.19. The number of phenolic OH excluding ortho intramolecular Hbond substituents is 1. The van der Waals surface area contributed by atoms with Crippen LogP contribution in [0.15, 0.2) is 28.4 Å².